The highest BCUT2D eigenvalue weighted by molar-refractivity contribution is 14.1. The topological polar surface area (TPSA) is 63.5 Å². The molecule has 0 aromatic carbocycles. The summed E-state index contributed by atoms with van der Waals surface area (Å²) in [6.45, 7) is 8.88. The molecular formula is C15H25IN2O3. The molecule has 1 heterocycles. The van der Waals surface area contributed by atoms with Crippen LogP contribution in [0, 0.1) is 3.77 Å². The van der Waals surface area contributed by atoms with Crippen molar-refractivity contribution in [1.29, 1.82) is 0 Å². The molecule has 0 radical (unpaired) electrons. The van der Waals surface area contributed by atoms with E-state index in [-0.39, 0.29) is 12.1 Å². The Bertz CT molecular complexity index is 440. The Labute approximate surface area is 140 Å². The van der Waals surface area contributed by atoms with Crippen molar-refractivity contribution in [2.45, 2.75) is 58.7 Å². The highest BCUT2D eigenvalue weighted by Crippen LogP contribution is 2.10. The lowest BCUT2D eigenvalue weighted by Crippen LogP contribution is -2.42. The Hall–Kier alpha value is -0.760. The lowest BCUT2D eigenvalue weighted by Gasteiger charge is -2.22. The van der Waals surface area contributed by atoms with Gasteiger partial charge in [-0.05, 0) is 61.9 Å². The molecule has 5 nitrogen and oxygen atoms in total. The smallest absolute Gasteiger partial charge is 0.407 e. The maximum atomic E-state index is 11.7. The molecule has 0 bridgehead atoms. The zero-order chi connectivity index (χ0) is 15.9. The van der Waals surface area contributed by atoms with Crippen molar-refractivity contribution < 1.29 is 13.9 Å². The van der Waals surface area contributed by atoms with Gasteiger partial charge in [-0.25, -0.2) is 4.79 Å². The third-order valence-corrected chi connectivity index (χ3v) is 3.30. The largest absolute Gasteiger partial charge is 0.454 e. The second-order valence-electron chi connectivity index (χ2n) is 5.96. The van der Waals surface area contributed by atoms with Crippen molar-refractivity contribution in [2.24, 2.45) is 0 Å². The highest BCUT2D eigenvalue weighted by Gasteiger charge is 2.17. The molecular weight excluding hydrogens is 383 g/mol. The van der Waals surface area contributed by atoms with Gasteiger partial charge in [-0.15, -0.1) is 0 Å². The predicted octanol–water partition coefficient (Wildman–Crippen LogP) is 3.67. The first-order valence-electron chi connectivity index (χ1n) is 7.24. The molecule has 0 spiro atoms. The summed E-state index contributed by atoms with van der Waals surface area (Å²) in [5.41, 5.74) is -0.470. The number of hydrogen-bond donors (Lipinski definition) is 2. The van der Waals surface area contributed by atoms with Crippen LogP contribution in [0.5, 0.6) is 0 Å². The fraction of sp³-hybridized carbons (Fsp3) is 0.667. The molecule has 0 aliphatic carbocycles. The average Bonchev–Trinajstić information content (AvgIpc) is 2.76. The first kappa shape index (κ1) is 18.3. The summed E-state index contributed by atoms with van der Waals surface area (Å²) < 4.78 is 11.6. The number of alkyl carbamates (subject to hydrolysis) is 1. The van der Waals surface area contributed by atoms with E-state index >= 15 is 0 Å². The van der Waals surface area contributed by atoms with Gasteiger partial charge >= 0.3 is 6.09 Å². The van der Waals surface area contributed by atoms with E-state index < -0.39 is 5.60 Å². The van der Waals surface area contributed by atoms with Crippen LogP contribution in [0.3, 0.4) is 0 Å². The molecule has 2 N–H and O–H groups in total. The Morgan fingerprint density at radius 2 is 2.14 bits per heavy atom. The summed E-state index contributed by atoms with van der Waals surface area (Å²) in [6, 6.07) is 4.09. The van der Waals surface area contributed by atoms with E-state index in [2.05, 4.69) is 40.1 Å². The van der Waals surface area contributed by atoms with Crippen LogP contribution in [-0.4, -0.2) is 24.3 Å². The summed E-state index contributed by atoms with van der Waals surface area (Å²) in [4.78, 5) is 11.7. The van der Waals surface area contributed by atoms with Crippen LogP contribution in [0.1, 0.15) is 46.3 Å². The number of rotatable bonds is 7. The van der Waals surface area contributed by atoms with Crippen molar-refractivity contribution in [3.63, 3.8) is 0 Å². The number of nitrogens with one attached hydrogen (secondary N) is 2. The first-order valence-corrected chi connectivity index (χ1v) is 8.32. The van der Waals surface area contributed by atoms with Gasteiger partial charge in [-0.2, -0.15) is 0 Å². The van der Waals surface area contributed by atoms with E-state index in [0.29, 0.717) is 13.1 Å². The normalized spacial score (nSPS) is 13.0. The number of furan rings is 1. The monoisotopic (exact) mass is 408 g/mol. The number of halogens is 1. The number of carbonyl (C=O) groups excluding carboxylic acids is 1. The van der Waals surface area contributed by atoms with E-state index in [1.54, 1.807) is 0 Å². The number of amides is 1. The maximum absolute atomic E-state index is 11.7. The third kappa shape index (κ3) is 8.31. The van der Waals surface area contributed by atoms with E-state index in [1.807, 2.05) is 32.9 Å². The molecule has 1 aromatic rings. The fourth-order valence-electron chi connectivity index (χ4n) is 1.84. The van der Waals surface area contributed by atoms with E-state index in [1.165, 1.54) is 0 Å². The molecule has 0 saturated carbocycles. The van der Waals surface area contributed by atoms with Crippen LogP contribution < -0.4 is 10.6 Å². The Morgan fingerprint density at radius 3 is 2.67 bits per heavy atom. The van der Waals surface area contributed by atoms with E-state index in [4.69, 9.17) is 9.15 Å². The number of carbonyl (C=O) groups is 1. The summed E-state index contributed by atoms with van der Waals surface area (Å²) in [5.74, 6) is 0.901. The molecule has 1 unspecified atom stereocenters. The summed E-state index contributed by atoms with van der Waals surface area (Å²) in [7, 11) is 0. The standard InChI is InChI=1S/C15H25IN2O3/c1-5-6-11(9-18-14(19)21-15(2,3)4)17-10-12-7-8-13(16)20-12/h7-8,11,17H,5-6,9-10H2,1-4H3,(H,18,19). The Balaban J connectivity index is 2.37. The maximum Gasteiger partial charge on any atom is 0.407 e. The quantitative estimate of drug-likeness (QED) is 0.676. The summed E-state index contributed by atoms with van der Waals surface area (Å²) >= 11 is 2.14. The molecule has 1 amide bonds. The van der Waals surface area contributed by atoms with Gasteiger partial charge in [0, 0.05) is 12.6 Å². The van der Waals surface area contributed by atoms with Crippen molar-refractivity contribution in [3.05, 3.63) is 21.7 Å². The van der Waals surface area contributed by atoms with Gasteiger partial charge in [0.15, 0.2) is 3.77 Å². The molecule has 1 rings (SSSR count). The molecule has 0 saturated heterocycles. The van der Waals surface area contributed by atoms with E-state index in [0.717, 1.165) is 22.4 Å². The first-order chi connectivity index (χ1) is 9.80. The van der Waals surface area contributed by atoms with Crippen LogP contribution in [0.25, 0.3) is 0 Å². The molecule has 21 heavy (non-hydrogen) atoms. The van der Waals surface area contributed by atoms with Crippen LogP contribution >= 0.6 is 22.6 Å². The zero-order valence-corrected chi connectivity index (χ0v) is 15.3. The fourth-order valence-corrected chi connectivity index (χ4v) is 2.30. The minimum absolute atomic E-state index is 0.199. The van der Waals surface area contributed by atoms with E-state index in [9.17, 15) is 4.79 Å². The second-order valence-corrected chi connectivity index (χ2v) is 7.02. The number of hydrogen-bond acceptors (Lipinski definition) is 4. The molecule has 0 aliphatic heterocycles. The van der Waals surface area contributed by atoms with Crippen molar-refractivity contribution in [1.82, 2.24) is 10.6 Å². The summed E-state index contributed by atoms with van der Waals surface area (Å²) in [5, 5.41) is 6.21. The van der Waals surface area contributed by atoms with Gasteiger partial charge in [0.25, 0.3) is 0 Å². The zero-order valence-electron chi connectivity index (χ0n) is 13.2. The minimum atomic E-state index is -0.470. The average molecular weight is 408 g/mol. The van der Waals surface area contributed by atoms with Crippen LogP contribution in [0.15, 0.2) is 16.5 Å². The molecule has 120 valence electrons. The van der Waals surface area contributed by atoms with Crippen molar-refractivity contribution in [3.8, 4) is 0 Å². The number of ether oxygens (including phenoxy) is 1. The molecule has 1 atom stereocenters. The lowest BCUT2D eigenvalue weighted by molar-refractivity contribution is 0.0521. The SMILES string of the molecule is CCCC(CNC(=O)OC(C)(C)C)NCc1ccc(I)o1. The molecule has 0 fully saturated rings. The lowest BCUT2D eigenvalue weighted by atomic mass is 10.1. The van der Waals surface area contributed by atoms with Gasteiger partial charge in [0.05, 0.1) is 6.54 Å². The van der Waals surface area contributed by atoms with Crippen molar-refractivity contribution >= 4 is 28.7 Å². The van der Waals surface area contributed by atoms with Gasteiger partial charge in [0.1, 0.15) is 11.4 Å². The Kier molecular flexibility index (Phi) is 7.51. The van der Waals surface area contributed by atoms with Crippen LogP contribution in [-0.2, 0) is 11.3 Å². The minimum Gasteiger partial charge on any atom is -0.454 e. The molecule has 1 aromatic heterocycles. The third-order valence-electron chi connectivity index (χ3n) is 2.72. The summed E-state index contributed by atoms with van der Waals surface area (Å²) in [6.07, 6.45) is 1.65. The Morgan fingerprint density at radius 1 is 1.43 bits per heavy atom. The second kappa shape index (κ2) is 8.63. The van der Waals surface area contributed by atoms with Crippen LogP contribution in [0.4, 0.5) is 4.79 Å². The predicted molar refractivity (Wildman–Crippen MR) is 91.2 cm³/mol. The van der Waals surface area contributed by atoms with Crippen LogP contribution in [0.2, 0.25) is 0 Å². The molecule has 0 aliphatic rings. The van der Waals surface area contributed by atoms with Gasteiger partial charge in [-0.1, -0.05) is 13.3 Å². The highest BCUT2D eigenvalue weighted by atomic mass is 127. The molecule has 6 heteroatoms. The van der Waals surface area contributed by atoms with Gasteiger partial charge in [-0.3, -0.25) is 0 Å². The van der Waals surface area contributed by atoms with Gasteiger partial charge < -0.3 is 19.8 Å². The van der Waals surface area contributed by atoms with Gasteiger partial charge in [0.2, 0.25) is 0 Å². The van der Waals surface area contributed by atoms with Crippen molar-refractivity contribution in [2.75, 3.05) is 6.54 Å².